The van der Waals surface area contributed by atoms with Gasteiger partial charge in [-0.2, -0.15) is 17.4 Å². The lowest BCUT2D eigenvalue weighted by molar-refractivity contribution is 0.168. The number of hydrogen-bond acceptors (Lipinski definition) is 3. The lowest BCUT2D eigenvalue weighted by atomic mass is 9.83. The summed E-state index contributed by atoms with van der Waals surface area (Å²) in [6.45, 7) is 3.38. The van der Waals surface area contributed by atoms with Crippen LogP contribution in [0.2, 0.25) is 0 Å². The van der Waals surface area contributed by atoms with E-state index >= 15 is 0 Å². The molecule has 5 nitrogen and oxygen atoms in total. The topological polar surface area (TPSA) is 69.6 Å². The van der Waals surface area contributed by atoms with Gasteiger partial charge in [0, 0.05) is 25.7 Å². The van der Waals surface area contributed by atoms with Gasteiger partial charge in [-0.05, 0) is 37.5 Å². The Balaban J connectivity index is 1.93. The van der Waals surface area contributed by atoms with Crippen LogP contribution in [-0.2, 0) is 10.2 Å². The van der Waals surface area contributed by atoms with Crippen LogP contribution in [0.1, 0.15) is 51.9 Å². The molecule has 0 aromatic rings. The fourth-order valence-electron chi connectivity index (χ4n) is 3.45. The monoisotopic (exact) mass is 304 g/mol. The van der Waals surface area contributed by atoms with E-state index in [1.165, 1.54) is 6.42 Å². The molecular weight excluding hydrogens is 276 g/mol. The van der Waals surface area contributed by atoms with Crippen molar-refractivity contribution in [2.45, 2.75) is 57.9 Å². The summed E-state index contributed by atoms with van der Waals surface area (Å²) < 4.78 is 29.4. The normalized spacial score (nSPS) is 30.5. The molecule has 2 rings (SSSR count). The van der Waals surface area contributed by atoms with Gasteiger partial charge in [-0.25, -0.2) is 0 Å². The molecule has 0 aromatic carbocycles. The summed E-state index contributed by atoms with van der Waals surface area (Å²) in [5.41, 5.74) is 0. The third-order valence-electron chi connectivity index (χ3n) is 4.91. The Morgan fingerprint density at radius 3 is 2.40 bits per heavy atom. The maximum atomic E-state index is 12.5. The maximum Gasteiger partial charge on any atom is 0.279 e. The van der Waals surface area contributed by atoms with Gasteiger partial charge in [0.2, 0.25) is 0 Å². The average Bonchev–Trinajstić information content (AvgIpc) is 2.47. The average molecular weight is 304 g/mol. The highest BCUT2D eigenvalue weighted by molar-refractivity contribution is 7.87. The molecule has 6 heteroatoms. The molecule has 20 heavy (non-hydrogen) atoms. The Labute approximate surface area is 122 Å². The Bertz CT molecular complexity index is 391. The third kappa shape index (κ3) is 3.93. The van der Waals surface area contributed by atoms with Gasteiger partial charge in [-0.1, -0.05) is 26.2 Å². The SMILES string of the molecule is CCC1CCCCC1NS(=O)(=O)N1CCC(CO)CC1. The molecule has 1 aliphatic heterocycles. The van der Waals surface area contributed by atoms with E-state index in [0.717, 1.165) is 38.5 Å². The molecule has 0 amide bonds. The molecular formula is C14H28N2O3S. The Hall–Kier alpha value is -0.170. The van der Waals surface area contributed by atoms with Crippen molar-refractivity contribution in [3.63, 3.8) is 0 Å². The molecule has 1 saturated carbocycles. The van der Waals surface area contributed by atoms with E-state index in [-0.39, 0.29) is 18.6 Å². The van der Waals surface area contributed by atoms with Crippen LogP contribution in [0.5, 0.6) is 0 Å². The van der Waals surface area contributed by atoms with Crippen LogP contribution in [0.15, 0.2) is 0 Å². The van der Waals surface area contributed by atoms with Gasteiger partial charge in [-0.15, -0.1) is 0 Å². The second-order valence-electron chi connectivity index (χ2n) is 6.21. The number of piperidine rings is 1. The molecule has 0 aromatic heterocycles. The molecule has 118 valence electrons. The van der Waals surface area contributed by atoms with Gasteiger partial charge in [0.15, 0.2) is 0 Å². The summed E-state index contributed by atoms with van der Waals surface area (Å²) in [6.07, 6.45) is 7.01. The van der Waals surface area contributed by atoms with Crippen molar-refractivity contribution in [1.29, 1.82) is 0 Å². The highest BCUT2D eigenvalue weighted by Gasteiger charge is 2.32. The van der Waals surface area contributed by atoms with Crippen LogP contribution in [0, 0.1) is 11.8 Å². The quantitative estimate of drug-likeness (QED) is 0.808. The van der Waals surface area contributed by atoms with E-state index in [4.69, 9.17) is 5.11 Å². The molecule has 0 radical (unpaired) electrons. The molecule has 2 unspecified atom stereocenters. The van der Waals surface area contributed by atoms with Gasteiger partial charge >= 0.3 is 0 Å². The number of nitrogens with zero attached hydrogens (tertiary/aromatic N) is 1. The minimum Gasteiger partial charge on any atom is -0.396 e. The Kier molecular flexibility index (Phi) is 5.84. The largest absolute Gasteiger partial charge is 0.396 e. The van der Waals surface area contributed by atoms with Crippen molar-refractivity contribution in [1.82, 2.24) is 9.03 Å². The minimum absolute atomic E-state index is 0.106. The number of rotatable bonds is 5. The van der Waals surface area contributed by atoms with Crippen molar-refractivity contribution in [3.8, 4) is 0 Å². The summed E-state index contributed by atoms with van der Waals surface area (Å²) >= 11 is 0. The predicted octanol–water partition coefficient (Wildman–Crippen LogP) is 1.49. The summed E-state index contributed by atoms with van der Waals surface area (Å²) in [5.74, 6) is 0.744. The van der Waals surface area contributed by atoms with Crippen molar-refractivity contribution in [2.24, 2.45) is 11.8 Å². The summed E-state index contributed by atoms with van der Waals surface area (Å²) in [5, 5.41) is 9.12. The van der Waals surface area contributed by atoms with Crippen molar-refractivity contribution in [3.05, 3.63) is 0 Å². The van der Waals surface area contributed by atoms with Crippen LogP contribution in [0.4, 0.5) is 0 Å². The molecule has 1 aliphatic carbocycles. The number of hydrogen-bond donors (Lipinski definition) is 2. The Morgan fingerprint density at radius 2 is 1.80 bits per heavy atom. The van der Waals surface area contributed by atoms with Gasteiger partial charge in [0.25, 0.3) is 10.2 Å². The summed E-state index contributed by atoms with van der Waals surface area (Å²) in [7, 11) is -3.36. The summed E-state index contributed by atoms with van der Waals surface area (Å²) in [6, 6.07) is 0.106. The lowest BCUT2D eigenvalue weighted by Crippen LogP contribution is -2.51. The van der Waals surface area contributed by atoms with Crippen molar-refractivity contribution >= 4 is 10.2 Å². The smallest absolute Gasteiger partial charge is 0.279 e. The molecule has 1 heterocycles. The second-order valence-corrected chi connectivity index (χ2v) is 7.91. The molecule has 2 atom stereocenters. The van der Waals surface area contributed by atoms with Gasteiger partial charge in [0.05, 0.1) is 0 Å². The van der Waals surface area contributed by atoms with E-state index in [1.54, 1.807) is 4.31 Å². The van der Waals surface area contributed by atoms with Gasteiger partial charge in [-0.3, -0.25) is 0 Å². The number of aliphatic hydroxyl groups is 1. The third-order valence-corrected chi connectivity index (χ3v) is 6.55. The minimum atomic E-state index is -3.36. The number of nitrogens with one attached hydrogen (secondary N) is 1. The van der Waals surface area contributed by atoms with Crippen LogP contribution < -0.4 is 4.72 Å². The van der Waals surface area contributed by atoms with Crippen LogP contribution in [0.25, 0.3) is 0 Å². The lowest BCUT2D eigenvalue weighted by Gasteiger charge is -2.35. The van der Waals surface area contributed by atoms with Crippen molar-refractivity contribution in [2.75, 3.05) is 19.7 Å². The first-order chi connectivity index (χ1) is 9.56. The predicted molar refractivity (Wildman–Crippen MR) is 79.5 cm³/mol. The zero-order valence-electron chi connectivity index (χ0n) is 12.4. The van der Waals surface area contributed by atoms with Crippen LogP contribution in [0.3, 0.4) is 0 Å². The first kappa shape index (κ1) is 16.2. The molecule has 2 aliphatic rings. The van der Waals surface area contributed by atoms with Crippen LogP contribution in [-0.4, -0.2) is 43.6 Å². The molecule has 2 fully saturated rings. The zero-order valence-corrected chi connectivity index (χ0v) is 13.2. The van der Waals surface area contributed by atoms with Crippen molar-refractivity contribution < 1.29 is 13.5 Å². The van der Waals surface area contributed by atoms with E-state index < -0.39 is 10.2 Å². The van der Waals surface area contributed by atoms with Crippen LogP contribution >= 0.6 is 0 Å². The van der Waals surface area contributed by atoms with E-state index in [2.05, 4.69) is 11.6 Å². The first-order valence-electron chi connectivity index (χ1n) is 7.95. The standard InChI is InChI=1S/C14H28N2O3S/c1-2-13-5-3-4-6-14(13)15-20(18,19)16-9-7-12(11-17)8-10-16/h12-15,17H,2-11H2,1H3. The van der Waals surface area contributed by atoms with E-state index in [1.807, 2.05) is 0 Å². The molecule has 1 saturated heterocycles. The Morgan fingerprint density at radius 1 is 1.15 bits per heavy atom. The maximum absolute atomic E-state index is 12.5. The molecule has 0 spiro atoms. The number of aliphatic hydroxyl groups excluding tert-OH is 1. The highest BCUT2D eigenvalue weighted by Crippen LogP contribution is 2.28. The zero-order chi connectivity index (χ0) is 14.6. The van der Waals surface area contributed by atoms with E-state index in [0.29, 0.717) is 19.0 Å². The fraction of sp³-hybridized carbons (Fsp3) is 1.00. The van der Waals surface area contributed by atoms with E-state index in [9.17, 15) is 8.42 Å². The first-order valence-corrected chi connectivity index (χ1v) is 9.39. The molecule has 2 N–H and O–H groups in total. The fourth-order valence-corrected chi connectivity index (χ4v) is 4.98. The highest BCUT2D eigenvalue weighted by atomic mass is 32.2. The second kappa shape index (κ2) is 7.20. The van der Waals surface area contributed by atoms with Gasteiger partial charge in [0.1, 0.15) is 0 Å². The molecule has 0 bridgehead atoms. The van der Waals surface area contributed by atoms with Gasteiger partial charge < -0.3 is 5.11 Å². The summed E-state index contributed by atoms with van der Waals surface area (Å²) in [4.78, 5) is 0.